The first kappa shape index (κ1) is 14.7. The quantitative estimate of drug-likeness (QED) is 0.852. The number of halogens is 2. The van der Waals surface area contributed by atoms with Crippen LogP contribution in [0.4, 0.5) is 15.8 Å². The number of carbonyl (C=O) groups excluding carboxylic acids is 2. The molecule has 1 saturated heterocycles. The lowest BCUT2D eigenvalue weighted by molar-refractivity contribution is -0.121. The molecule has 0 aromatic heterocycles. The van der Waals surface area contributed by atoms with Crippen molar-refractivity contribution >= 4 is 39.1 Å². The van der Waals surface area contributed by atoms with Gasteiger partial charge in [0.2, 0.25) is 5.91 Å². The van der Waals surface area contributed by atoms with Gasteiger partial charge < -0.3 is 5.32 Å². The first-order valence-corrected chi connectivity index (χ1v) is 7.49. The molecule has 112 valence electrons. The number of hydrogen-bond acceptors (Lipinski definition) is 3. The second-order valence-corrected chi connectivity index (χ2v) is 5.84. The fourth-order valence-corrected chi connectivity index (χ4v) is 2.64. The van der Waals surface area contributed by atoms with E-state index in [0.717, 1.165) is 9.37 Å². The van der Waals surface area contributed by atoms with E-state index in [1.54, 1.807) is 36.4 Å². The molecule has 1 fully saturated rings. The number of benzene rings is 2. The van der Waals surface area contributed by atoms with Crippen LogP contribution < -0.4 is 10.2 Å². The Morgan fingerprint density at radius 2 is 1.77 bits per heavy atom. The largest absolute Gasteiger partial charge is 0.371 e. The van der Waals surface area contributed by atoms with Crippen LogP contribution in [0.5, 0.6) is 0 Å². The third kappa shape index (κ3) is 2.74. The number of hydrogen-bond donors (Lipinski definition) is 1. The third-order valence-corrected chi connectivity index (χ3v) is 3.96. The van der Waals surface area contributed by atoms with E-state index in [4.69, 9.17) is 0 Å². The Kier molecular flexibility index (Phi) is 3.94. The number of amides is 2. The SMILES string of the molecule is O=C1CC(Nc2ccccc2F)C(=O)N1c1ccc(Br)cc1. The van der Waals surface area contributed by atoms with Crippen LogP contribution in [0.2, 0.25) is 0 Å². The molecule has 0 spiro atoms. The molecular weight excluding hydrogens is 351 g/mol. The summed E-state index contributed by atoms with van der Waals surface area (Å²) in [5.74, 6) is -1.14. The molecule has 4 nitrogen and oxygen atoms in total. The predicted octanol–water partition coefficient (Wildman–Crippen LogP) is 3.33. The lowest BCUT2D eigenvalue weighted by atomic mass is 10.2. The van der Waals surface area contributed by atoms with Gasteiger partial charge in [0, 0.05) is 4.47 Å². The highest BCUT2D eigenvalue weighted by Crippen LogP contribution is 2.26. The molecule has 0 aliphatic carbocycles. The van der Waals surface area contributed by atoms with Gasteiger partial charge in [-0.25, -0.2) is 9.29 Å². The number of nitrogens with zero attached hydrogens (tertiary/aromatic N) is 1. The molecule has 1 N–H and O–H groups in total. The number of imide groups is 1. The van der Waals surface area contributed by atoms with Gasteiger partial charge in [-0.3, -0.25) is 9.59 Å². The topological polar surface area (TPSA) is 49.4 Å². The zero-order valence-electron chi connectivity index (χ0n) is 11.4. The maximum Gasteiger partial charge on any atom is 0.256 e. The van der Waals surface area contributed by atoms with E-state index in [1.165, 1.54) is 12.1 Å². The maximum atomic E-state index is 13.7. The van der Waals surface area contributed by atoms with Crippen molar-refractivity contribution in [3.63, 3.8) is 0 Å². The Bertz CT molecular complexity index is 733. The van der Waals surface area contributed by atoms with Crippen LogP contribution in [0.3, 0.4) is 0 Å². The van der Waals surface area contributed by atoms with Crippen molar-refractivity contribution < 1.29 is 14.0 Å². The predicted molar refractivity (Wildman–Crippen MR) is 85.1 cm³/mol. The average molecular weight is 363 g/mol. The van der Waals surface area contributed by atoms with Crippen molar-refractivity contribution in [3.05, 3.63) is 58.8 Å². The van der Waals surface area contributed by atoms with Gasteiger partial charge in [0.05, 0.1) is 17.8 Å². The van der Waals surface area contributed by atoms with Crippen molar-refractivity contribution in [3.8, 4) is 0 Å². The van der Waals surface area contributed by atoms with Crippen molar-refractivity contribution in [1.82, 2.24) is 0 Å². The molecule has 2 aromatic carbocycles. The summed E-state index contributed by atoms with van der Waals surface area (Å²) in [6.07, 6.45) is 0.00321. The fraction of sp³-hybridized carbons (Fsp3) is 0.125. The van der Waals surface area contributed by atoms with Crippen molar-refractivity contribution in [2.75, 3.05) is 10.2 Å². The Labute approximate surface area is 135 Å². The fourth-order valence-electron chi connectivity index (χ4n) is 2.37. The second-order valence-electron chi connectivity index (χ2n) is 4.92. The van der Waals surface area contributed by atoms with E-state index in [0.29, 0.717) is 5.69 Å². The molecule has 3 rings (SSSR count). The van der Waals surface area contributed by atoms with Gasteiger partial charge in [0.1, 0.15) is 11.9 Å². The molecular formula is C16H12BrFN2O2. The number of nitrogens with one attached hydrogen (secondary N) is 1. The minimum atomic E-state index is -0.756. The summed E-state index contributed by atoms with van der Waals surface area (Å²) in [6.45, 7) is 0. The van der Waals surface area contributed by atoms with E-state index in [2.05, 4.69) is 21.2 Å². The molecule has 22 heavy (non-hydrogen) atoms. The zero-order valence-corrected chi connectivity index (χ0v) is 13.0. The Balaban J connectivity index is 1.82. The smallest absolute Gasteiger partial charge is 0.256 e. The number of para-hydroxylation sites is 1. The van der Waals surface area contributed by atoms with Crippen LogP contribution in [0.25, 0.3) is 0 Å². The van der Waals surface area contributed by atoms with E-state index < -0.39 is 11.9 Å². The standard InChI is InChI=1S/C16H12BrFN2O2/c17-10-5-7-11(8-6-10)20-15(21)9-14(16(20)22)19-13-4-2-1-3-12(13)18/h1-8,14,19H,9H2. The van der Waals surface area contributed by atoms with Crippen molar-refractivity contribution in [2.45, 2.75) is 12.5 Å². The third-order valence-electron chi connectivity index (χ3n) is 3.44. The van der Waals surface area contributed by atoms with Crippen LogP contribution in [0, 0.1) is 5.82 Å². The Morgan fingerprint density at radius 3 is 2.45 bits per heavy atom. The molecule has 2 aromatic rings. The summed E-state index contributed by atoms with van der Waals surface area (Å²) in [4.78, 5) is 25.7. The summed E-state index contributed by atoms with van der Waals surface area (Å²) in [5, 5.41) is 2.80. The van der Waals surface area contributed by atoms with Crippen LogP contribution in [-0.2, 0) is 9.59 Å². The van der Waals surface area contributed by atoms with Gasteiger partial charge in [-0.15, -0.1) is 0 Å². The summed E-state index contributed by atoms with van der Waals surface area (Å²) in [5.41, 5.74) is 0.724. The Hall–Kier alpha value is -2.21. The average Bonchev–Trinajstić information content (AvgIpc) is 2.77. The highest BCUT2D eigenvalue weighted by molar-refractivity contribution is 9.10. The molecule has 0 saturated carbocycles. The minimum Gasteiger partial charge on any atom is -0.371 e. The molecule has 2 amide bonds. The first-order chi connectivity index (χ1) is 10.6. The monoisotopic (exact) mass is 362 g/mol. The zero-order chi connectivity index (χ0) is 15.7. The molecule has 1 unspecified atom stereocenters. The van der Waals surface area contributed by atoms with Gasteiger partial charge in [-0.2, -0.15) is 0 Å². The van der Waals surface area contributed by atoms with E-state index in [-0.39, 0.29) is 23.9 Å². The van der Waals surface area contributed by atoms with Gasteiger partial charge in [0.25, 0.3) is 5.91 Å². The summed E-state index contributed by atoms with van der Waals surface area (Å²) >= 11 is 3.31. The first-order valence-electron chi connectivity index (χ1n) is 6.69. The molecule has 0 bridgehead atoms. The van der Waals surface area contributed by atoms with Gasteiger partial charge in [-0.1, -0.05) is 28.1 Å². The van der Waals surface area contributed by atoms with Gasteiger partial charge in [0.15, 0.2) is 0 Å². The Morgan fingerprint density at radius 1 is 1.09 bits per heavy atom. The summed E-state index contributed by atoms with van der Waals surface area (Å²) < 4.78 is 14.5. The second kappa shape index (κ2) is 5.88. The number of rotatable bonds is 3. The highest BCUT2D eigenvalue weighted by Gasteiger charge is 2.39. The van der Waals surface area contributed by atoms with Gasteiger partial charge >= 0.3 is 0 Å². The molecule has 6 heteroatoms. The summed E-state index contributed by atoms with van der Waals surface area (Å²) in [6, 6.07) is 12.2. The maximum absolute atomic E-state index is 13.7. The molecule has 1 atom stereocenters. The van der Waals surface area contributed by atoms with Gasteiger partial charge in [-0.05, 0) is 36.4 Å². The van der Waals surface area contributed by atoms with Crippen molar-refractivity contribution in [2.24, 2.45) is 0 Å². The van der Waals surface area contributed by atoms with Crippen molar-refractivity contribution in [1.29, 1.82) is 0 Å². The minimum absolute atomic E-state index is 0.00321. The van der Waals surface area contributed by atoms with E-state index in [9.17, 15) is 14.0 Å². The van der Waals surface area contributed by atoms with Crippen LogP contribution in [0.1, 0.15) is 6.42 Å². The molecule has 1 aliphatic rings. The molecule has 1 aliphatic heterocycles. The molecule has 0 radical (unpaired) electrons. The lowest BCUT2D eigenvalue weighted by Crippen LogP contribution is -2.34. The van der Waals surface area contributed by atoms with Crippen LogP contribution in [0.15, 0.2) is 53.0 Å². The normalized spacial score (nSPS) is 17.9. The van der Waals surface area contributed by atoms with Crippen LogP contribution >= 0.6 is 15.9 Å². The van der Waals surface area contributed by atoms with Crippen LogP contribution in [-0.4, -0.2) is 17.9 Å². The highest BCUT2D eigenvalue weighted by atomic mass is 79.9. The lowest BCUT2D eigenvalue weighted by Gasteiger charge is -2.16. The molecule has 1 heterocycles. The van der Waals surface area contributed by atoms with E-state index >= 15 is 0 Å². The summed E-state index contributed by atoms with van der Waals surface area (Å²) in [7, 11) is 0. The number of carbonyl (C=O) groups is 2. The number of anilines is 2. The van der Waals surface area contributed by atoms with E-state index in [1.807, 2.05) is 0 Å².